The Hall–Kier alpha value is -1.93. The molecular formula is C14H9BF7O. The number of ether oxygens (including phenoxy) is 1. The summed E-state index contributed by atoms with van der Waals surface area (Å²) >= 11 is 0. The normalized spacial score (nSPS) is 24.6. The third kappa shape index (κ3) is 2.96. The number of allylic oxidation sites excluding steroid dienone is 4. The van der Waals surface area contributed by atoms with E-state index < -0.39 is 57.6 Å². The molecule has 0 spiro atoms. The first-order chi connectivity index (χ1) is 10.6. The first-order valence-electron chi connectivity index (χ1n) is 6.29. The van der Waals surface area contributed by atoms with Crippen molar-refractivity contribution in [3.63, 3.8) is 0 Å². The highest BCUT2D eigenvalue weighted by atomic mass is 19.2. The lowest BCUT2D eigenvalue weighted by Gasteiger charge is -2.25. The van der Waals surface area contributed by atoms with E-state index in [1.807, 2.05) is 0 Å². The molecule has 0 bridgehead atoms. The van der Waals surface area contributed by atoms with Crippen LogP contribution in [-0.4, -0.2) is 20.1 Å². The van der Waals surface area contributed by atoms with Gasteiger partial charge >= 0.3 is 0 Å². The van der Waals surface area contributed by atoms with Crippen molar-refractivity contribution in [1.82, 2.24) is 0 Å². The Morgan fingerprint density at radius 1 is 1.09 bits per heavy atom. The molecule has 1 radical (unpaired) electrons. The van der Waals surface area contributed by atoms with Gasteiger partial charge in [-0.15, -0.1) is 0 Å². The van der Waals surface area contributed by atoms with Crippen LogP contribution in [0.15, 0.2) is 29.6 Å². The SMILES string of the molecule is COc1c(F)cc(F)c([B]C2C(F)=CC(C)(F)C(F)=C2F)c1F. The van der Waals surface area contributed by atoms with Crippen LogP contribution in [0.5, 0.6) is 5.75 Å². The second kappa shape index (κ2) is 5.94. The Labute approximate surface area is 127 Å². The van der Waals surface area contributed by atoms with Gasteiger partial charge in [0.1, 0.15) is 17.5 Å². The lowest BCUT2D eigenvalue weighted by molar-refractivity contribution is 0.233. The molecular weight excluding hydrogens is 328 g/mol. The van der Waals surface area contributed by atoms with Crippen LogP contribution in [0.25, 0.3) is 0 Å². The molecule has 123 valence electrons. The highest BCUT2D eigenvalue weighted by molar-refractivity contribution is 6.56. The maximum atomic E-state index is 14.0. The molecule has 1 aromatic carbocycles. The lowest BCUT2D eigenvalue weighted by atomic mass is 9.56. The molecule has 2 rings (SSSR count). The Morgan fingerprint density at radius 2 is 1.70 bits per heavy atom. The molecule has 1 aromatic rings. The quantitative estimate of drug-likeness (QED) is 0.599. The van der Waals surface area contributed by atoms with Crippen LogP contribution in [0, 0.1) is 17.5 Å². The second-order valence-corrected chi connectivity index (χ2v) is 5.01. The smallest absolute Gasteiger partial charge is 0.189 e. The number of rotatable bonds is 3. The van der Waals surface area contributed by atoms with Crippen molar-refractivity contribution in [2.45, 2.75) is 18.4 Å². The minimum absolute atomic E-state index is 0.156. The Balaban J connectivity index is 2.48. The molecule has 2 unspecified atom stereocenters. The first kappa shape index (κ1) is 17.4. The highest BCUT2D eigenvalue weighted by Crippen LogP contribution is 2.43. The zero-order chi connectivity index (χ0) is 17.5. The minimum Gasteiger partial charge on any atom is -0.491 e. The lowest BCUT2D eigenvalue weighted by Crippen LogP contribution is -2.32. The van der Waals surface area contributed by atoms with Gasteiger partial charge in [0.05, 0.1) is 7.11 Å². The van der Waals surface area contributed by atoms with Crippen LogP contribution >= 0.6 is 0 Å². The average Bonchev–Trinajstić information content (AvgIpc) is 2.44. The summed E-state index contributed by atoms with van der Waals surface area (Å²) in [6.07, 6.45) is 0.156. The Bertz CT molecular complexity index is 712. The van der Waals surface area contributed by atoms with E-state index in [1.54, 1.807) is 0 Å². The largest absolute Gasteiger partial charge is 0.491 e. The fraction of sp³-hybridized carbons (Fsp3) is 0.286. The van der Waals surface area contributed by atoms with Crippen molar-refractivity contribution in [2.24, 2.45) is 0 Å². The summed E-state index contributed by atoms with van der Waals surface area (Å²) in [7, 11) is 1.25. The number of hydrogen-bond acceptors (Lipinski definition) is 1. The van der Waals surface area contributed by atoms with Crippen LogP contribution < -0.4 is 10.2 Å². The molecule has 2 atom stereocenters. The van der Waals surface area contributed by atoms with Gasteiger partial charge in [-0.3, -0.25) is 0 Å². The van der Waals surface area contributed by atoms with Crippen molar-refractivity contribution < 1.29 is 35.5 Å². The number of alkyl halides is 1. The summed E-state index contributed by atoms with van der Waals surface area (Å²) < 4.78 is 100.0. The van der Waals surface area contributed by atoms with Crippen molar-refractivity contribution >= 4 is 12.7 Å². The summed E-state index contributed by atoms with van der Waals surface area (Å²) in [6, 6.07) is 0.245. The summed E-state index contributed by atoms with van der Waals surface area (Å²) in [5.74, 6) is -12.8. The predicted molar refractivity (Wildman–Crippen MR) is 70.0 cm³/mol. The first-order valence-corrected chi connectivity index (χ1v) is 6.29. The molecule has 0 fully saturated rings. The monoisotopic (exact) mass is 337 g/mol. The van der Waals surface area contributed by atoms with E-state index in [0.717, 1.165) is 7.11 Å². The summed E-state index contributed by atoms with van der Waals surface area (Å²) in [6.45, 7) is 0.583. The molecule has 9 heteroatoms. The number of hydrogen-bond donors (Lipinski definition) is 0. The van der Waals surface area contributed by atoms with Crippen LogP contribution in [0.2, 0.25) is 5.82 Å². The zero-order valence-electron chi connectivity index (χ0n) is 11.9. The fourth-order valence-corrected chi connectivity index (χ4v) is 2.15. The van der Waals surface area contributed by atoms with E-state index in [2.05, 4.69) is 4.74 Å². The maximum absolute atomic E-state index is 14.0. The standard InChI is InChI=1S/C14H9BF7O/c1-14(22)4-7(18)9(11(20)13(14)21)15-8-5(16)3-6(17)12(23-2)10(8)19/h3-4,9H,1-2H3. The van der Waals surface area contributed by atoms with Crippen molar-refractivity contribution in [1.29, 1.82) is 0 Å². The maximum Gasteiger partial charge on any atom is 0.189 e. The molecule has 0 saturated heterocycles. The Morgan fingerprint density at radius 3 is 2.26 bits per heavy atom. The molecule has 0 saturated carbocycles. The van der Waals surface area contributed by atoms with Crippen molar-refractivity contribution in [3.8, 4) is 5.75 Å². The van der Waals surface area contributed by atoms with Crippen LogP contribution in [-0.2, 0) is 0 Å². The number of benzene rings is 1. The fourth-order valence-electron chi connectivity index (χ4n) is 2.15. The van der Waals surface area contributed by atoms with E-state index in [4.69, 9.17) is 0 Å². The third-order valence-corrected chi connectivity index (χ3v) is 3.32. The van der Waals surface area contributed by atoms with Crippen LogP contribution in [0.4, 0.5) is 30.7 Å². The van der Waals surface area contributed by atoms with E-state index >= 15 is 0 Å². The van der Waals surface area contributed by atoms with Gasteiger partial charge in [0, 0.05) is 11.9 Å². The predicted octanol–water partition coefficient (Wildman–Crippen LogP) is 3.98. The second-order valence-electron chi connectivity index (χ2n) is 5.01. The minimum atomic E-state index is -3.00. The molecule has 0 heterocycles. The van der Waals surface area contributed by atoms with Gasteiger partial charge in [-0.2, -0.15) is 0 Å². The summed E-state index contributed by atoms with van der Waals surface area (Å²) in [5, 5.41) is 0. The molecule has 0 aliphatic heterocycles. The van der Waals surface area contributed by atoms with Crippen LogP contribution in [0.1, 0.15) is 6.92 Å². The van der Waals surface area contributed by atoms with Crippen molar-refractivity contribution in [2.75, 3.05) is 7.11 Å². The molecule has 0 N–H and O–H groups in total. The third-order valence-electron chi connectivity index (χ3n) is 3.32. The topological polar surface area (TPSA) is 9.23 Å². The Kier molecular flexibility index (Phi) is 4.50. The molecule has 1 aliphatic rings. The number of halogens is 7. The van der Waals surface area contributed by atoms with E-state index in [-0.39, 0.29) is 12.1 Å². The van der Waals surface area contributed by atoms with Crippen molar-refractivity contribution in [3.05, 3.63) is 47.1 Å². The zero-order valence-corrected chi connectivity index (χ0v) is 11.9. The van der Waals surface area contributed by atoms with E-state index in [1.165, 1.54) is 0 Å². The molecule has 1 nitrogen and oxygen atoms in total. The summed E-state index contributed by atoms with van der Waals surface area (Å²) in [5.41, 5.74) is -4.03. The molecule has 23 heavy (non-hydrogen) atoms. The number of methoxy groups -OCH3 is 1. The average molecular weight is 337 g/mol. The van der Waals surface area contributed by atoms with Gasteiger partial charge in [-0.1, -0.05) is 0 Å². The summed E-state index contributed by atoms with van der Waals surface area (Å²) in [4.78, 5) is 0. The van der Waals surface area contributed by atoms with Gasteiger partial charge in [0.25, 0.3) is 0 Å². The van der Waals surface area contributed by atoms with Gasteiger partial charge in [-0.05, 0) is 18.5 Å². The highest BCUT2D eigenvalue weighted by Gasteiger charge is 2.41. The van der Waals surface area contributed by atoms with Gasteiger partial charge in [0.2, 0.25) is 0 Å². The van der Waals surface area contributed by atoms with Gasteiger partial charge < -0.3 is 4.74 Å². The van der Waals surface area contributed by atoms with E-state index in [9.17, 15) is 30.7 Å². The molecule has 1 aliphatic carbocycles. The van der Waals surface area contributed by atoms with E-state index in [0.29, 0.717) is 14.2 Å². The molecule has 0 amide bonds. The van der Waals surface area contributed by atoms with Gasteiger partial charge in [0.15, 0.2) is 36.2 Å². The van der Waals surface area contributed by atoms with Crippen LogP contribution in [0.3, 0.4) is 0 Å². The molecule has 0 aromatic heterocycles. The van der Waals surface area contributed by atoms with Gasteiger partial charge in [-0.25, -0.2) is 30.7 Å².